The molecule has 2 rings (SSSR count). The summed E-state index contributed by atoms with van der Waals surface area (Å²) in [6.07, 6.45) is 1.76. The Labute approximate surface area is 177 Å². The molecule has 0 aromatic heterocycles. The molecule has 2 amide bonds. The van der Waals surface area contributed by atoms with E-state index in [1.807, 2.05) is 13.8 Å². The predicted octanol–water partition coefficient (Wildman–Crippen LogP) is 3.87. The van der Waals surface area contributed by atoms with Gasteiger partial charge in [-0.15, -0.1) is 0 Å². The molecule has 1 unspecified atom stereocenters. The number of carbonyl (C=O) groups is 1. The van der Waals surface area contributed by atoms with Crippen molar-refractivity contribution in [1.29, 1.82) is 0 Å². The minimum atomic E-state index is -3.59. The topological polar surface area (TPSA) is 94.2 Å². The average Bonchev–Trinajstić information content (AvgIpc) is 2.71. The van der Waals surface area contributed by atoms with Gasteiger partial charge < -0.3 is 23.9 Å². The van der Waals surface area contributed by atoms with E-state index in [1.54, 1.807) is 61.6 Å². The number of anilines is 1. The van der Waals surface area contributed by atoms with Crippen molar-refractivity contribution < 1.29 is 26.9 Å². The third kappa shape index (κ3) is 6.84. The molecule has 0 heterocycles. The van der Waals surface area contributed by atoms with E-state index >= 15 is 0 Å². The third-order valence-corrected chi connectivity index (χ3v) is 5.01. The molecule has 0 aliphatic rings. The fourth-order valence-corrected chi connectivity index (χ4v) is 3.21. The van der Waals surface area contributed by atoms with Crippen LogP contribution in [0.4, 0.5) is 10.5 Å². The predicted molar refractivity (Wildman–Crippen MR) is 116 cm³/mol. The minimum absolute atomic E-state index is 0.0237. The van der Waals surface area contributed by atoms with E-state index in [0.29, 0.717) is 23.7 Å². The van der Waals surface area contributed by atoms with E-state index in [4.69, 9.17) is 13.7 Å². The number of hydrogen-bond donors (Lipinski definition) is 1. The summed E-state index contributed by atoms with van der Waals surface area (Å²) in [7, 11) is -0.496. The molecular weight excluding hydrogens is 408 g/mol. The van der Waals surface area contributed by atoms with Crippen molar-refractivity contribution in [1.82, 2.24) is 4.90 Å². The number of rotatable bonds is 9. The van der Waals surface area contributed by atoms with Crippen LogP contribution in [0, 0.1) is 0 Å². The number of benzene rings is 2. The smallest absolute Gasteiger partial charge is 0.322 e. The summed E-state index contributed by atoms with van der Waals surface area (Å²) in [4.78, 5) is 14.7. The lowest BCUT2D eigenvalue weighted by Gasteiger charge is -2.29. The van der Waals surface area contributed by atoms with Gasteiger partial charge in [0.1, 0.15) is 17.2 Å². The van der Waals surface area contributed by atoms with Gasteiger partial charge in [-0.3, -0.25) is 0 Å². The number of amides is 2. The van der Waals surface area contributed by atoms with Crippen LogP contribution in [0.5, 0.6) is 17.2 Å². The second-order valence-electron chi connectivity index (χ2n) is 6.85. The molecule has 0 saturated heterocycles. The van der Waals surface area contributed by atoms with Gasteiger partial charge >= 0.3 is 16.1 Å². The zero-order valence-electron chi connectivity index (χ0n) is 17.8. The van der Waals surface area contributed by atoms with Crippen LogP contribution in [-0.4, -0.2) is 45.9 Å². The van der Waals surface area contributed by atoms with Crippen LogP contribution in [0.1, 0.15) is 25.8 Å². The summed E-state index contributed by atoms with van der Waals surface area (Å²) in [6, 6.07) is 11.5. The van der Waals surface area contributed by atoms with Crippen LogP contribution >= 0.6 is 0 Å². The molecule has 0 radical (unpaired) electrons. The van der Waals surface area contributed by atoms with Crippen LogP contribution in [-0.2, 0) is 16.7 Å². The number of ether oxygens (including phenoxy) is 2. The first-order valence-corrected chi connectivity index (χ1v) is 11.3. The van der Waals surface area contributed by atoms with Crippen molar-refractivity contribution in [2.24, 2.45) is 0 Å². The first-order valence-electron chi connectivity index (χ1n) is 9.44. The first-order chi connectivity index (χ1) is 14.1. The van der Waals surface area contributed by atoms with Crippen molar-refractivity contribution in [3.8, 4) is 17.2 Å². The lowest BCUT2D eigenvalue weighted by Crippen LogP contribution is -2.40. The van der Waals surface area contributed by atoms with E-state index in [-0.39, 0.29) is 17.8 Å². The normalized spacial score (nSPS) is 12.0. The number of hydrogen-bond acceptors (Lipinski definition) is 6. The molecule has 0 fully saturated rings. The quantitative estimate of drug-likeness (QED) is 0.600. The fourth-order valence-electron chi connectivity index (χ4n) is 2.74. The Morgan fingerprint density at radius 2 is 1.60 bits per heavy atom. The van der Waals surface area contributed by atoms with Crippen molar-refractivity contribution in [3.05, 3.63) is 48.0 Å². The zero-order valence-corrected chi connectivity index (χ0v) is 18.7. The largest absolute Gasteiger partial charge is 0.497 e. The maximum Gasteiger partial charge on any atom is 0.322 e. The van der Waals surface area contributed by atoms with Crippen molar-refractivity contribution in [2.45, 2.75) is 32.9 Å². The molecule has 30 heavy (non-hydrogen) atoms. The summed E-state index contributed by atoms with van der Waals surface area (Å²) in [5.74, 6) is 1.37. The van der Waals surface area contributed by atoms with Gasteiger partial charge in [-0.25, -0.2) is 4.79 Å². The second kappa shape index (κ2) is 10.2. The van der Waals surface area contributed by atoms with E-state index in [9.17, 15) is 13.2 Å². The molecule has 0 spiro atoms. The molecule has 0 saturated carbocycles. The SMILES string of the molecule is CCC(C)N(Cc1ccc(OS(C)(=O)=O)cc1)C(=O)Nc1cc(OC)cc(OC)c1. The molecule has 8 nitrogen and oxygen atoms in total. The van der Waals surface area contributed by atoms with E-state index in [0.717, 1.165) is 18.2 Å². The molecule has 0 aliphatic carbocycles. The molecular formula is C21H28N2O6S. The number of nitrogens with one attached hydrogen (secondary N) is 1. The maximum absolute atomic E-state index is 13.0. The van der Waals surface area contributed by atoms with Gasteiger partial charge in [0.05, 0.1) is 20.5 Å². The average molecular weight is 437 g/mol. The Morgan fingerprint density at radius 1 is 1.03 bits per heavy atom. The molecule has 0 aliphatic heterocycles. The van der Waals surface area contributed by atoms with E-state index in [1.165, 1.54) is 0 Å². The molecule has 164 valence electrons. The third-order valence-electron chi connectivity index (χ3n) is 4.51. The van der Waals surface area contributed by atoms with Gasteiger partial charge in [-0.05, 0) is 31.0 Å². The summed E-state index contributed by atoms with van der Waals surface area (Å²) in [5.41, 5.74) is 1.40. The number of nitrogens with zero attached hydrogens (tertiary/aromatic N) is 1. The van der Waals surface area contributed by atoms with Crippen LogP contribution in [0.3, 0.4) is 0 Å². The van der Waals surface area contributed by atoms with E-state index in [2.05, 4.69) is 5.32 Å². The summed E-state index contributed by atoms with van der Waals surface area (Å²) < 4.78 is 37.8. The molecule has 0 bridgehead atoms. The van der Waals surface area contributed by atoms with Gasteiger partial charge in [0, 0.05) is 36.5 Å². The first kappa shape index (κ1) is 23.3. The minimum Gasteiger partial charge on any atom is -0.497 e. The highest BCUT2D eigenvalue weighted by Crippen LogP contribution is 2.26. The summed E-state index contributed by atoms with van der Waals surface area (Å²) in [5, 5.41) is 2.89. The highest BCUT2D eigenvalue weighted by Gasteiger charge is 2.20. The van der Waals surface area contributed by atoms with Crippen molar-refractivity contribution in [2.75, 3.05) is 25.8 Å². The molecule has 1 N–H and O–H groups in total. The Kier molecular flexibility index (Phi) is 7.93. The Bertz CT molecular complexity index is 938. The summed E-state index contributed by atoms with van der Waals surface area (Å²) in [6.45, 7) is 4.32. The molecule has 1 atom stereocenters. The van der Waals surface area contributed by atoms with Crippen LogP contribution in [0.2, 0.25) is 0 Å². The second-order valence-corrected chi connectivity index (χ2v) is 8.42. The van der Waals surface area contributed by atoms with Crippen LogP contribution < -0.4 is 19.0 Å². The van der Waals surface area contributed by atoms with Gasteiger partial charge in [-0.1, -0.05) is 19.1 Å². The Balaban J connectivity index is 2.18. The Morgan fingerprint density at radius 3 is 2.07 bits per heavy atom. The molecule has 9 heteroatoms. The van der Waals surface area contributed by atoms with Gasteiger partial charge in [0.2, 0.25) is 0 Å². The maximum atomic E-state index is 13.0. The highest BCUT2D eigenvalue weighted by molar-refractivity contribution is 7.86. The van der Waals surface area contributed by atoms with Gasteiger partial charge in [-0.2, -0.15) is 8.42 Å². The number of methoxy groups -OCH3 is 2. The van der Waals surface area contributed by atoms with Crippen LogP contribution in [0.25, 0.3) is 0 Å². The van der Waals surface area contributed by atoms with Gasteiger partial charge in [0.15, 0.2) is 0 Å². The number of carbonyl (C=O) groups excluding carboxylic acids is 1. The van der Waals surface area contributed by atoms with Crippen molar-refractivity contribution >= 4 is 21.8 Å². The lowest BCUT2D eigenvalue weighted by atomic mass is 10.1. The van der Waals surface area contributed by atoms with Crippen LogP contribution in [0.15, 0.2) is 42.5 Å². The fraction of sp³-hybridized carbons (Fsp3) is 0.381. The number of urea groups is 1. The molecule has 2 aromatic rings. The standard InChI is InChI=1S/C21H28N2O6S/c1-6-15(2)23(14-16-7-9-18(10-8-16)29-30(5,25)26)21(24)22-17-11-19(27-3)13-20(12-17)28-4/h7-13,15H,6,14H2,1-5H3,(H,22,24). The zero-order chi connectivity index (χ0) is 22.3. The Hall–Kier alpha value is -2.94. The molecule has 2 aromatic carbocycles. The lowest BCUT2D eigenvalue weighted by molar-refractivity contribution is 0.187. The van der Waals surface area contributed by atoms with Gasteiger partial charge in [0.25, 0.3) is 0 Å². The monoisotopic (exact) mass is 436 g/mol. The highest BCUT2D eigenvalue weighted by atomic mass is 32.2. The van der Waals surface area contributed by atoms with E-state index < -0.39 is 10.1 Å². The van der Waals surface area contributed by atoms with Crippen molar-refractivity contribution in [3.63, 3.8) is 0 Å². The summed E-state index contributed by atoms with van der Waals surface area (Å²) >= 11 is 0.